The maximum absolute atomic E-state index is 12.9. The van der Waals surface area contributed by atoms with Gasteiger partial charge in [-0.05, 0) is 43.7 Å². The van der Waals surface area contributed by atoms with Crippen molar-refractivity contribution in [2.75, 3.05) is 49.5 Å². The van der Waals surface area contributed by atoms with Crippen molar-refractivity contribution < 1.29 is 17.9 Å². The lowest BCUT2D eigenvalue weighted by molar-refractivity contribution is -0.590. The molecule has 0 bridgehead atoms. The van der Waals surface area contributed by atoms with Crippen LogP contribution in [0.25, 0.3) is 0 Å². The van der Waals surface area contributed by atoms with E-state index in [0.717, 1.165) is 47.7 Å². The van der Waals surface area contributed by atoms with Gasteiger partial charge in [0.2, 0.25) is 0 Å². The smallest absolute Gasteiger partial charge is 0.416 e. The Morgan fingerprint density at radius 3 is 2.55 bits per heavy atom. The first kappa shape index (κ1) is 21.7. The molecule has 9 heteroatoms. The third kappa shape index (κ3) is 6.24. The molecule has 29 heavy (non-hydrogen) atoms. The molecule has 1 aliphatic rings. The fraction of sp³-hybridized carbons (Fsp3) is 0.450. The normalized spacial score (nSPS) is 15.5. The summed E-state index contributed by atoms with van der Waals surface area (Å²) in [6.45, 7) is 4.74. The van der Waals surface area contributed by atoms with Gasteiger partial charge in [0.1, 0.15) is 0 Å². The number of anilines is 2. The van der Waals surface area contributed by atoms with Crippen molar-refractivity contribution in [3.05, 3.63) is 57.8 Å². The number of nitrogens with zero attached hydrogens (tertiary/aromatic N) is 3. The summed E-state index contributed by atoms with van der Waals surface area (Å²) >= 11 is 3.35. The van der Waals surface area contributed by atoms with Crippen molar-refractivity contribution in [2.24, 2.45) is 0 Å². The van der Waals surface area contributed by atoms with Gasteiger partial charge in [0.15, 0.2) is 0 Å². The molecule has 1 saturated heterocycles. The monoisotopic (exact) mass is 472 g/mol. The number of alkyl halides is 3. The van der Waals surface area contributed by atoms with Crippen LogP contribution in [0.2, 0.25) is 0 Å². The van der Waals surface area contributed by atoms with Crippen LogP contribution in [0.5, 0.6) is 0 Å². The van der Waals surface area contributed by atoms with Gasteiger partial charge < -0.3 is 10.1 Å². The molecular weight excluding hydrogens is 449 g/mol. The highest BCUT2D eigenvalue weighted by Crippen LogP contribution is 2.31. The third-order valence-electron chi connectivity index (χ3n) is 5.00. The molecule has 1 N–H and O–H groups in total. The van der Waals surface area contributed by atoms with Gasteiger partial charge in [-0.15, -0.1) is 0 Å². The summed E-state index contributed by atoms with van der Waals surface area (Å²) in [5.74, 6) is 0.522. The molecule has 1 aromatic heterocycles. The van der Waals surface area contributed by atoms with Gasteiger partial charge in [-0.25, -0.2) is 4.73 Å². The van der Waals surface area contributed by atoms with Crippen LogP contribution in [-0.2, 0) is 6.18 Å². The summed E-state index contributed by atoms with van der Waals surface area (Å²) in [5, 5.41) is 14.8. The predicted octanol–water partition coefficient (Wildman–Crippen LogP) is 4.12. The molecule has 1 aromatic carbocycles. The number of pyridine rings is 1. The Labute approximate surface area is 176 Å². The van der Waals surface area contributed by atoms with E-state index < -0.39 is 11.7 Å². The molecule has 0 saturated carbocycles. The van der Waals surface area contributed by atoms with Crippen LogP contribution in [0.15, 0.2) is 47.1 Å². The Morgan fingerprint density at radius 2 is 1.83 bits per heavy atom. The first-order chi connectivity index (χ1) is 13.8. The van der Waals surface area contributed by atoms with Gasteiger partial charge >= 0.3 is 6.18 Å². The molecule has 2 aromatic rings. The highest BCUT2D eigenvalue weighted by atomic mass is 79.9. The zero-order chi connectivity index (χ0) is 20.9. The molecule has 0 spiro atoms. The van der Waals surface area contributed by atoms with E-state index in [4.69, 9.17) is 0 Å². The van der Waals surface area contributed by atoms with Crippen LogP contribution < -0.4 is 14.9 Å². The molecule has 5 nitrogen and oxygen atoms in total. The van der Waals surface area contributed by atoms with Gasteiger partial charge in [-0.1, -0.05) is 22.0 Å². The van der Waals surface area contributed by atoms with Crippen molar-refractivity contribution in [1.82, 2.24) is 4.90 Å². The molecule has 0 unspecified atom stereocenters. The zero-order valence-corrected chi connectivity index (χ0v) is 17.5. The molecule has 1 aliphatic heterocycles. The number of halogens is 4. The van der Waals surface area contributed by atoms with Gasteiger partial charge in [-0.2, -0.15) is 13.2 Å². The number of aromatic nitrogens is 1. The number of rotatable bonds is 7. The summed E-state index contributed by atoms with van der Waals surface area (Å²) in [6.07, 6.45) is -0.937. The second-order valence-corrected chi connectivity index (χ2v) is 7.98. The minimum Gasteiger partial charge on any atom is -0.711 e. The minimum atomic E-state index is -4.31. The largest absolute Gasteiger partial charge is 0.711 e. The summed E-state index contributed by atoms with van der Waals surface area (Å²) in [6, 6.07) is 8.98. The van der Waals surface area contributed by atoms with Crippen molar-refractivity contribution >= 4 is 27.4 Å². The topological polar surface area (TPSA) is 45.5 Å². The van der Waals surface area contributed by atoms with E-state index in [0.29, 0.717) is 31.1 Å². The summed E-state index contributed by atoms with van der Waals surface area (Å²) < 4.78 is 40.3. The standard InChI is InChI=1S/C20H24BrF3N4O/c21-17-6-9-28(29)19(15-17)25-7-1-2-8-26-10-12-27(13-11-26)18-5-3-4-16(14-18)20(22,23)24/h3-6,9,14-15,25H,1-2,7-8,10-13H2. The molecule has 0 radical (unpaired) electrons. The highest BCUT2D eigenvalue weighted by molar-refractivity contribution is 9.10. The summed E-state index contributed by atoms with van der Waals surface area (Å²) in [5.41, 5.74) is 0.0263. The lowest BCUT2D eigenvalue weighted by atomic mass is 10.1. The molecule has 0 amide bonds. The number of unbranched alkanes of at least 4 members (excludes halogenated alkanes) is 1. The van der Waals surface area contributed by atoms with E-state index in [1.807, 2.05) is 4.90 Å². The Morgan fingerprint density at radius 1 is 1.07 bits per heavy atom. The third-order valence-corrected chi connectivity index (χ3v) is 5.49. The molecule has 158 valence electrons. The molecule has 2 heterocycles. The van der Waals surface area contributed by atoms with Crippen molar-refractivity contribution in [1.29, 1.82) is 0 Å². The average Bonchev–Trinajstić information content (AvgIpc) is 2.70. The molecule has 1 fully saturated rings. The van der Waals surface area contributed by atoms with Crippen LogP contribution in [0.4, 0.5) is 24.7 Å². The predicted molar refractivity (Wildman–Crippen MR) is 111 cm³/mol. The van der Waals surface area contributed by atoms with Crippen LogP contribution in [0.3, 0.4) is 0 Å². The van der Waals surface area contributed by atoms with E-state index in [1.165, 1.54) is 18.3 Å². The number of hydrogen-bond donors (Lipinski definition) is 1. The second-order valence-electron chi connectivity index (χ2n) is 7.07. The number of benzene rings is 1. The van der Waals surface area contributed by atoms with Crippen LogP contribution >= 0.6 is 15.9 Å². The second kappa shape index (κ2) is 9.67. The molecule has 0 aliphatic carbocycles. The maximum atomic E-state index is 12.9. The van der Waals surface area contributed by atoms with E-state index in [2.05, 4.69) is 26.1 Å². The molecule has 0 atom stereocenters. The number of nitrogens with one attached hydrogen (secondary N) is 1. The first-order valence-corrected chi connectivity index (χ1v) is 10.4. The van der Waals surface area contributed by atoms with Gasteiger partial charge in [0.05, 0.1) is 18.3 Å². The Bertz CT molecular complexity index is 811. The Balaban J connectivity index is 1.38. The Hall–Kier alpha value is -2.00. The van der Waals surface area contributed by atoms with Crippen LogP contribution in [-0.4, -0.2) is 44.2 Å². The fourth-order valence-electron chi connectivity index (χ4n) is 3.38. The quantitative estimate of drug-likeness (QED) is 0.374. The van der Waals surface area contributed by atoms with Gasteiger partial charge in [0, 0.05) is 42.4 Å². The van der Waals surface area contributed by atoms with Gasteiger partial charge in [-0.3, -0.25) is 10.2 Å². The van der Waals surface area contributed by atoms with Crippen LogP contribution in [0, 0.1) is 5.21 Å². The van der Waals surface area contributed by atoms with Crippen molar-refractivity contribution in [3.8, 4) is 0 Å². The minimum absolute atomic E-state index is 0.522. The molecule has 3 rings (SSSR count). The zero-order valence-electron chi connectivity index (χ0n) is 16.0. The highest BCUT2D eigenvalue weighted by Gasteiger charge is 2.31. The van der Waals surface area contributed by atoms with E-state index in [-0.39, 0.29) is 0 Å². The van der Waals surface area contributed by atoms with Crippen molar-refractivity contribution in [3.63, 3.8) is 0 Å². The average molecular weight is 473 g/mol. The number of hydrogen-bond acceptors (Lipinski definition) is 4. The lowest BCUT2D eigenvalue weighted by Crippen LogP contribution is -2.46. The van der Waals surface area contributed by atoms with E-state index >= 15 is 0 Å². The fourth-order valence-corrected chi connectivity index (χ4v) is 3.71. The maximum Gasteiger partial charge on any atom is 0.416 e. The van der Waals surface area contributed by atoms with Gasteiger partial charge in [0.25, 0.3) is 5.82 Å². The lowest BCUT2D eigenvalue weighted by Gasteiger charge is -2.36. The first-order valence-electron chi connectivity index (χ1n) is 9.60. The number of piperazine rings is 1. The SMILES string of the molecule is [O-][n+]1ccc(Br)cc1NCCCCN1CCN(c2cccc(C(F)(F)F)c2)CC1. The summed E-state index contributed by atoms with van der Waals surface area (Å²) in [4.78, 5) is 4.34. The summed E-state index contributed by atoms with van der Waals surface area (Å²) in [7, 11) is 0. The van der Waals surface area contributed by atoms with E-state index in [9.17, 15) is 18.4 Å². The van der Waals surface area contributed by atoms with Crippen molar-refractivity contribution in [2.45, 2.75) is 19.0 Å². The molecular formula is C20H24BrF3N4O. The van der Waals surface area contributed by atoms with Crippen LogP contribution in [0.1, 0.15) is 18.4 Å². The Kier molecular flexibility index (Phi) is 7.23. The van der Waals surface area contributed by atoms with E-state index in [1.54, 1.807) is 18.2 Å².